The van der Waals surface area contributed by atoms with Crippen LogP contribution in [0.1, 0.15) is 22.3 Å². The van der Waals surface area contributed by atoms with Crippen molar-refractivity contribution in [3.8, 4) is 22.3 Å². The van der Waals surface area contributed by atoms with Gasteiger partial charge in [-0.15, -0.1) is 0 Å². The van der Waals surface area contributed by atoms with Gasteiger partial charge in [-0.3, -0.25) is 0 Å². The topological polar surface area (TPSA) is 3.24 Å². The number of hydrogen-bond donors (Lipinski definition) is 0. The molecule has 1 aliphatic rings. The number of hydrogen-bond acceptors (Lipinski definition) is 1. The second-order valence-corrected chi connectivity index (χ2v) is 11.3. The highest BCUT2D eigenvalue weighted by Gasteiger charge is 2.46. The molecule has 1 aliphatic carbocycles. The van der Waals surface area contributed by atoms with Gasteiger partial charge in [-0.25, -0.2) is 0 Å². The lowest BCUT2D eigenvalue weighted by Crippen LogP contribution is -2.28. The molecule has 0 aliphatic heterocycles. The number of rotatable bonds is 6. The molecule has 0 heterocycles. The van der Waals surface area contributed by atoms with E-state index in [0.29, 0.717) is 0 Å². The molecule has 0 amide bonds. The van der Waals surface area contributed by atoms with E-state index in [1.54, 1.807) is 0 Å². The van der Waals surface area contributed by atoms with Gasteiger partial charge in [-0.2, -0.15) is 0 Å². The van der Waals surface area contributed by atoms with Crippen molar-refractivity contribution in [2.24, 2.45) is 0 Å². The Kier molecular flexibility index (Phi) is 6.43. The zero-order valence-electron chi connectivity index (χ0n) is 24.3. The van der Waals surface area contributed by atoms with E-state index >= 15 is 0 Å². The average Bonchev–Trinajstić information content (AvgIpc) is 3.41. The minimum Gasteiger partial charge on any atom is -0.311 e. The van der Waals surface area contributed by atoms with Crippen molar-refractivity contribution < 1.29 is 0 Å². The van der Waals surface area contributed by atoms with Crippen LogP contribution in [0.15, 0.2) is 188 Å². The van der Waals surface area contributed by atoms with E-state index in [1.807, 2.05) is 0 Å². The van der Waals surface area contributed by atoms with Crippen molar-refractivity contribution in [3.63, 3.8) is 0 Å². The fraction of sp³-hybridized carbons (Fsp3) is 0.0233. The van der Waals surface area contributed by atoms with Gasteiger partial charge in [0.05, 0.1) is 5.41 Å². The Morgan fingerprint density at radius 1 is 0.318 bits per heavy atom. The second kappa shape index (κ2) is 10.9. The maximum Gasteiger partial charge on any atom is 0.0713 e. The highest BCUT2D eigenvalue weighted by Crippen LogP contribution is 2.56. The van der Waals surface area contributed by atoms with Gasteiger partial charge in [0.25, 0.3) is 0 Å². The van der Waals surface area contributed by atoms with Gasteiger partial charge in [0.1, 0.15) is 0 Å². The molecular weight excluding hydrogens is 530 g/mol. The second-order valence-electron chi connectivity index (χ2n) is 11.3. The Balaban J connectivity index is 1.28. The van der Waals surface area contributed by atoms with Gasteiger partial charge in [0.15, 0.2) is 0 Å². The number of para-hydroxylation sites is 2. The molecule has 8 rings (SSSR count). The summed E-state index contributed by atoms with van der Waals surface area (Å²) in [5.41, 5.74) is 13.2. The predicted molar refractivity (Wildman–Crippen MR) is 184 cm³/mol. The molecule has 0 aromatic heterocycles. The summed E-state index contributed by atoms with van der Waals surface area (Å²) in [6.45, 7) is 0. The molecule has 0 unspecified atom stereocenters. The van der Waals surface area contributed by atoms with Crippen molar-refractivity contribution in [1.29, 1.82) is 0 Å². The van der Waals surface area contributed by atoms with Gasteiger partial charge in [-0.05, 0) is 87.0 Å². The zero-order chi connectivity index (χ0) is 29.3. The highest BCUT2D eigenvalue weighted by molar-refractivity contribution is 5.88. The number of nitrogens with zero attached hydrogens (tertiary/aromatic N) is 1. The predicted octanol–water partition coefficient (Wildman–Crippen LogP) is 11.2. The van der Waals surface area contributed by atoms with E-state index in [2.05, 4.69) is 193 Å². The Morgan fingerprint density at radius 2 is 0.750 bits per heavy atom. The van der Waals surface area contributed by atoms with E-state index < -0.39 is 5.41 Å². The monoisotopic (exact) mass is 561 g/mol. The lowest BCUT2D eigenvalue weighted by atomic mass is 9.67. The van der Waals surface area contributed by atoms with Gasteiger partial charge in [-0.1, -0.05) is 146 Å². The summed E-state index contributed by atoms with van der Waals surface area (Å²) >= 11 is 0. The standard InChI is InChI=1S/C43H31N/c1-5-15-34(16-6-1)43(35-17-7-2-8-18-35)41-24-14-13-23-39(41)40-30-27-33(31-42(40)43)32-25-28-38(29-26-32)44(36-19-9-3-10-20-36)37-21-11-4-12-22-37/h1-31H. The first kappa shape index (κ1) is 26.0. The molecule has 44 heavy (non-hydrogen) atoms. The Morgan fingerprint density at radius 3 is 1.32 bits per heavy atom. The molecule has 0 saturated carbocycles. The van der Waals surface area contributed by atoms with Gasteiger partial charge < -0.3 is 4.90 Å². The molecule has 1 heteroatoms. The Hall–Kier alpha value is -5.66. The number of anilines is 3. The van der Waals surface area contributed by atoms with Gasteiger partial charge >= 0.3 is 0 Å². The molecule has 7 aromatic carbocycles. The summed E-state index contributed by atoms with van der Waals surface area (Å²) in [4.78, 5) is 2.30. The molecule has 0 fully saturated rings. The van der Waals surface area contributed by atoms with Crippen LogP contribution >= 0.6 is 0 Å². The maximum absolute atomic E-state index is 2.43. The molecular formula is C43H31N. The van der Waals surface area contributed by atoms with Crippen LogP contribution in [-0.4, -0.2) is 0 Å². The number of fused-ring (bicyclic) bond motifs is 3. The molecule has 0 radical (unpaired) electrons. The molecule has 0 saturated heterocycles. The summed E-state index contributed by atoms with van der Waals surface area (Å²) in [7, 11) is 0. The number of benzene rings is 7. The lowest BCUT2D eigenvalue weighted by molar-refractivity contribution is 0.769. The highest BCUT2D eigenvalue weighted by atomic mass is 15.1. The summed E-state index contributed by atoms with van der Waals surface area (Å²) < 4.78 is 0. The van der Waals surface area contributed by atoms with Gasteiger partial charge in [0, 0.05) is 17.1 Å². The largest absolute Gasteiger partial charge is 0.311 e. The summed E-state index contributed by atoms with van der Waals surface area (Å²) in [5.74, 6) is 0. The van der Waals surface area contributed by atoms with Crippen molar-refractivity contribution in [2.75, 3.05) is 4.90 Å². The summed E-state index contributed by atoms with van der Waals surface area (Å²) in [6.07, 6.45) is 0. The van der Waals surface area contributed by atoms with Crippen LogP contribution in [0.3, 0.4) is 0 Å². The molecule has 7 aromatic rings. The van der Waals surface area contributed by atoms with Crippen molar-refractivity contribution >= 4 is 17.1 Å². The van der Waals surface area contributed by atoms with Crippen LogP contribution in [0.25, 0.3) is 22.3 Å². The summed E-state index contributed by atoms with van der Waals surface area (Å²) in [6, 6.07) is 68.0. The average molecular weight is 562 g/mol. The summed E-state index contributed by atoms with van der Waals surface area (Å²) in [5, 5.41) is 0. The fourth-order valence-electron chi connectivity index (χ4n) is 7.03. The first-order valence-electron chi connectivity index (χ1n) is 15.2. The normalized spacial score (nSPS) is 12.7. The third-order valence-electron chi connectivity index (χ3n) is 8.95. The van der Waals surface area contributed by atoms with E-state index in [1.165, 1.54) is 44.5 Å². The molecule has 1 nitrogen and oxygen atoms in total. The zero-order valence-corrected chi connectivity index (χ0v) is 24.3. The van der Waals surface area contributed by atoms with Crippen molar-refractivity contribution in [1.82, 2.24) is 0 Å². The van der Waals surface area contributed by atoms with Crippen LogP contribution in [0.5, 0.6) is 0 Å². The van der Waals surface area contributed by atoms with Crippen molar-refractivity contribution in [2.45, 2.75) is 5.41 Å². The Labute approximate surface area is 259 Å². The SMILES string of the molecule is c1ccc(N(c2ccccc2)c2ccc(-c3ccc4c(c3)C(c3ccccc3)(c3ccccc3)c3ccccc3-4)cc2)cc1. The van der Waals surface area contributed by atoms with Gasteiger partial charge in [0.2, 0.25) is 0 Å². The lowest BCUT2D eigenvalue weighted by Gasteiger charge is -2.34. The van der Waals surface area contributed by atoms with Crippen LogP contribution in [0.4, 0.5) is 17.1 Å². The fourth-order valence-corrected chi connectivity index (χ4v) is 7.03. The Bertz CT molecular complexity index is 1950. The first-order chi connectivity index (χ1) is 21.8. The molecule has 208 valence electrons. The van der Waals surface area contributed by atoms with E-state index in [4.69, 9.17) is 0 Å². The van der Waals surface area contributed by atoms with E-state index in [0.717, 1.165) is 17.1 Å². The van der Waals surface area contributed by atoms with Crippen LogP contribution in [0.2, 0.25) is 0 Å². The molecule has 0 atom stereocenters. The molecule has 0 spiro atoms. The first-order valence-corrected chi connectivity index (χ1v) is 15.2. The third-order valence-corrected chi connectivity index (χ3v) is 8.95. The minimum atomic E-state index is -0.401. The van der Waals surface area contributed by atoms with Crippen LogP contribution in [0, 0.1) is 0 Å². The van der Waals surface area contributed by atoms with Crippen molar-refractivity contribution in [3.05, 3.63) is 210 Å². The molecule has 0 bridgehead atoms. The quantitative estimate of drug-likeness (QED) is 0.195. The third kappa shape index (κ3) is 4.17. The minimum absolute atomic E-state index is 0.401. The van der Waals surface area contributed by atoms with E-state index in [-0.39, 0.29) is 0 Å². The van der Waals surface area contributed by atoms with E-state index in [9.17, 15) is 0 Å². The molecule has 0 N–H and O–H groups in total. The van der Waals surface area contributed by atoms with Crippen LogP contribution in [-0.2, 0) is 5.41 Å². The van der Waals surface area contributed by atoms with Crippen LogP contribution < -0.4 is 4.90 Å². The maximum atomic E-state index is 2.43. The smallest absolute Gasteiger partial charge is 0.0713 e.